The van der Waals surface area contributed by atoms with Crippen LogP contribution < -0.4 is 27.0 Å². The molecule has 1 aromatic carbocycles. The molecule has 14 nitrogen and oxygen atoms in total. The molecule has 43 heavy (non-hydrogen) atoms. The lowest BCUT2D eigenvalue weighted by Gasteiger charge is -2.25. The minimum absolute atomic E-state index is 0.0226. The van der Waals surface area contributed by atoms with Crippen LogP contribution in [0, 0.1) is 5.92 Å². The lowest BCUT2D eigenvalue weighted by molar-refractivity contribution is -0.146. The lowest BCUT2D eigenvalue weighted by Crippen LogP contribution is -2.54. The van der Waals surface area contributed by atoms with Gasteiger partial charge in [-0.1, -0.05) is 32.9 Å². The number of primary amides is 1. The number of carbonyl (C=O) groups is 6. The molecule has 240 valence electrons. The first-order valence-electron chi connectivity index (χ1n) is 14.3. The molecular weight excluding hydrogens is 560 g/mol. The summed E-state index contributed by atoms with van der Waals surface area (Å²) in [4.78, 5) is 74.1. The second kappa shape index (κ2) is 18.9. The number of rotatable bonds is 17. The fraction of sp³-hybridized carbons (Fsp3) is 0.586. The summed E-state index contributed by atoms with van der Waals surface area (Å²) < 4.78 is 10.3. The summed E-state index contributed by atoms with van der Waals surface area (Å²) in [6.07, 6.45) is 0.386. The summed E-state index contributed by atoms with van der Waals surface area (Å²) in [5.41, 5.74) is 6.22. The summed E-state index contributed by atoms with van der Waals surface area (Å²) in [5, 5.41) is 10.7. The van der Waals surface area contributed by atoms with Gasteiger partial charge in [0.25, 0.3) is 0 Å². The molecule has 0 bridgehead atoms. The Labute approximate surface area is 252 Å². The van der Waals surface area contributed by atoms with Crippen LogP contribution in [-0.2, 0) is 35.3 Å². The molecule has 0 radical (unpaired) electrons. The molecule has 0 aliphatic rings. The Morgan fingerprint density at radius 1 is 0.977 bits per heavy atom. The van der Waals surface area contributed by atoms with Gasteiger partial charge in [0.1, 0.15) is 24.8 Å². The molecule has 0 aromatic heterocycles. The fourth-order valence-electron chi connectivity index (χ4n) is 4.01. The van der Waals surface area contributed by atoms with E-state index in [1.54, 1.807) is 45.0 Å². The van der Waals surface area contributed by atoms with Crippen LogP contribution in [0.3, 0.4) is 0 Å². The van der Waals surface area contributed by atoms with Gasteiger partial charge in [-0.05, 0) is 49.8 Å². The molecular formula is C29H46N6O8. The van der Waals surface area contributed by atoms with E-state index in [-0.39, 0.29) is 44.4 Å². The zero-order valence-electron chi connectivity index (χ0n) is 25.9. The third kappa shape index (κ3) is 14.9. The molecule has 0 saturated carbocycles. The number of likely N-dealkylation sites (N-methyl/N-ethyl adjacent to an activating group) is 1. The SMILES string of the molecule is CCCC(=O)N[C@H](C(=O)N[C@@H](CCCNC(N)=O)C(=O)Nc1ccc(COC(=O)N(C)CC(C)OC(C)=O)cc1)C(C)C. The number of hydrogen-bond acceptors (Lipinski definition) is 8. The third-order valence-electron chi connectivity index (χ3n) is 6.14. The van der Waals surface area contributed by atoms with Gasteiger partial charge >= 0.3 is 18.1 Å². The van der Waals surface area contributed by atoms with Crippen LogP contribution in [0.25, 0.3) is 0 Å². The van der Waals surface area contributed by atoms with E-state index in [2.05, 4.69) is 21.3 Å². The zero-order chi connectivity index (χ0) is 32.5. The first kappa shape index (κ1) is 36.7. The van der Waals surface area contributed by atoms with Crippen LogP contribution in [-0.4, -0.2) is 79.0 Å². The predicted molar refractivity (Wildman–Crippen MR) is 160 cm³/mol. The molecule has 1 rings (SSSR count). The van der Waals surface area contributed by atoms with Crippen molar-refractivity contribution in [2.45, 2.75) is 85.1 Å². The normalized spacial score (nSPS) is 12.7. The quantitative estimate of drug-likeness (QED) is 0.131. The van der Waals surface area contributed by atoms with Gasteiger partial charge in [0.05, 0.1) is 6.54 Å². The van der Waals surface area contributed by atoms with E-state index in [4.69, 9.17) is 15.2 Å². The molecule has 0 spiro atoms. The molecule has 0 saturated heterocycles. The van der Waals surface area contributed by atoms with Crippen LogP contribution in [0.2, 0.25) is 0 Å². The number of nitrogens with one attached hydrogen (secondary N) is 4. The Morgan fingerprint density at radius 2 is 1.63 bits per heavy atom. The van der Waals surface area contributed by atoms with Gasteiger partial charge < -0.3 is 41.4 Å². The summed E-state index contributed by atoms with van der Waals surface area (Å²) in [6, 6.07) is 4.12. The largest absolute Gasteiger partial charge is 0.461 e. The highest BCUT2D eigenvalue weighted by Crippen LogP contribution is 2.13. The van der Waals surface area contributed by atoms with Crippen molar-refractivity contribution in [2.75, 3.05) is 25.5 Å². The number of nitrogens with zero attached hydrogens (tertiary/aromatic N) is 1. The van der Waals surface area contributed by atoms with Gasteiger partial charge in [-0.2, -0.15) is 0 Å². The first-order chi connectivity index (χ1) is 20.2. The number of nitrogens with two attached hydrogens (primary N) is 1. The third-order valence-corrected chi connectivity index (χ3v) is 6.14. The van der Waals surface area contributed by atoms with Crippen molar-refractivity contribution in [2.24, 2.45) is 11.7 Å². The first-order valence-corrected chi connectivity index (χ1v) is 14.3. The van der Waals surface area contributed by atoms with Crippen molar-refractivity contribution in [1.82, 2.24) is 20.9 Å². The van der Waals surface area contributed by atoms with Crippen LogP contribution in [0.1, 0.15) is 65.9 Å². The molecule has 0 aliphatic carbocycles. The second-order valence-electron chi connectivity index (χ2n) is 10.6. The van der Waals surface area contributed by atoms with Crippen LogP contribution in [0.5, 0.6) is 0 Å². The highest BCUT2D eigenvalue weighted by atomic mass is 16.6. The summed E-state index contributed by atoms with van der Waals surface area (Å²) in [7, 11) is 1.53. The van der Waals surface area contributed by atoms with Crippen LogP contribution in [0.4, 0.5) is 15.3 Å². The highest BCUT2D eigenvalue weighted by molar-refractivity contribution is 5.98. The molecule has 3 atom stereocenters. The zero-order valence-corrected chi connectivity index (χ0v) is 25.9. The topological polar surface area (TPSA) is 198 Å². The standard InChI is InChI=1S/C29H46N6O8/c1-7-9-24(37)34-25(18(2)3)27(39)33-23(10-8-15-31-28(30)40)26(38)32-22-13-11-21(12-14-22)17-42-29(41)35(6)16-19(4)43-20(5)36/h11-14,18-19,23,25H,7-10,15-17H2,1-6H3,(H,32,38)(H,33,39)(H,34,37)(H3,30,31,40)/t19?,23-,25-/m0/s1. The number of urea groups is 1. The summed E-state index contributed by atoms with van der Waals surface area (Å²) >= 11 is 0. The monoisotopic (exact) mass is 606 g/mol. The number of anilines is 1. The maximum atomic E-state index is 13.2. The van der Waals surface area contributed by atoms with E-state index in [1.165, 1.54) is 18.9 Å². The Balaban J connectivity index is 2.84. The second-order valence-corrected chi connectivity index (χ2v) is 10.6. The molecule has 0 fully saturated rings. The van der Waals surface area contributed by atoms with E-state index < -0.39 is 48.1 Å². The Hall–Kier alpha value is -4.36. The Kier molecular flexibility index (Phi) is 16.2. The van der Waals surface area contributed by atoms with Crippen molar-refractivity contribution in [1.29, 1.82) is 0 Å². The molecule has 1 aromatic rings. The average molecular weight is 607 g/mol. The smallest absolute Gasteiger partial charge is 0.409 e. The maximum absolute atomic E-state index is 13.2. The molecule has 14 heteroatoms. The van der Waals surface area contributed by atoms with Gasteiger partial charge in [0, 0.05) is 32.6 Å². The number of carbonyl (C=O) groups excluding carboxylic acids is 6. The van der Waals surface area contributed by atoms with Crippen molar-refractivity contribution >= 4 is 41.5 Å². The van der Waals surface area contributed by atoms with Crippen LogP contribution in [0.15, 0.2) is 24.3 Å². The number of esters is 1. The van der Waals surface area contributed by atoms with Gasteiger partial charge in [0.2, 0.25) is 17.7 Å². The molecule has 6 amide bonds. The van der Waals surface area contributed by atoms with Gasteiger partial charge in [0.15, 0.2) is 0 Å². The minimum Gasteiger partial charge on any atom is -0.461 e. The summed E-state index contributed by atoms with van der Waals surface area (Å²) in [5.74, 6) is -1.90. The van der Waals surface area contributed by atoms with Crippen molar-refractivity contribution in [3.05, 3.63) is 29.8 Å². The van der Waals surface area contributed by atoms with Crippen molar-refractivity contribution in [3.63, 3.8) is 0 Å². The number of benzene rings is 1. The van der Waals surface area contributed by atoms with Gasteiger partial charge in [-0.15, -0.1) is 0 Å². The highest BCUT2D eigenvalue weighted by Gasteiger charge is 2.28. The molecule has 6 N–H and O–H groups in total. The van der Waals surface area contributed by atoms with E-state index in [1.807, 2.05) is 6.92 Å². The molecule has 0 heterocycles. The summed E-state index contributed by atoms with van der Waals surface area (Å²) in [6.45, 7) is 8.76. The van der Waals surface area contributed by atoms with Gasteiger partial charge in [-0.3, -0.25) is 19.2 Å². The minimum atomic E-state index is -0.961. The average Bonchev–Trinajstić information content (AvgIpc) is 2.91. The fourth-order valence-corrected chi connectivity index (χ4v) is 4.01. The van der Waals surface area contributed by atoms with Crippen molar-refractivity contribution < 1.29 is 38.2 Å². The van der Waals surface area contributed by atoms with E-state index in [0.717, 1.165) is 0 Å². The Bertz CT molecular complexity index is 1090. The van der Waals surface area contributed by atoms with Crippen molar-refractivity contribution in [3.8, 4) is 0 Å². The molecule has 0 aliphatic heterocycles. The number of amides is 6. The lowest BCUT2D eigenvalue weighted by atomic mass is 10.0. The van der Waals surface area contributed by atoms with E-state index in [0.29, 0.717) is 24.1 Å². The number of hydrogen-bond donors (Lipinski definition) is 5. The van der Waals surface area contributed by atoms with E-state index in [9.17, 15) is 28.8 Å². The number of ether oxygens (including phenoxy) is 2. The Morgan fingerprint density at radius 3 is 2.19 bits per heavy atom. The molecule has 1 unspecified atom stereocenters. The maximum Gasteiger partial charge on any atom is 0.409 e. The predicted octanol–water partition coefficient (Wildman–Crippen LogP) is 2.02. The van der Waals surface area contributed by atoms with Crippen LogP contribution >= 0.6 is 0 Å². The van der Waals surface area contributed by atoms with E-state index >= 15 is 0 Å². The van der Waals surface area contributed by atoms with Gasteiger partial charge in [-0.25, -0.2) is 9.59 Å².